The lowest BCUT2D eigenvalue weighted by atomic mass is 10.1. The first-order valence-electron chi connectivity index (χ1n) is 11.4. The summed E-state index contributed by atoms with van der Waals surface area (Å²) in [7, 11) is 0. The lowest BCUT2D eigenvalue weighted by Gasteiger charge is -2.18. The largest absolute Gasteiger partial charge is 0.322 e. The van der Waals surface area contributed by atoms with Crippen LogP contribution in [0, 0.1) is 6.92 Å². The van der Waals surface area contributed by atoms with Gasteiger partial charge in [0.25, 0.3) is 11.8 Å². The number of carbonyl (C=O) groups is 3. The molecule has 36 heavy (non-hydrogen) atoms. The summed E-state index contributed by atoms with van der Waals surface area (Å²) in [6.45, 7) is 2.51. The molecule has 2 heterocycles. The van der Waals surface area contributed by atoms with E-state index in [1.807, 2.05) is 37.3 Å². The van der Waals surface area contributed by atoms with Crippen molar-refractivity contribution >= 4 is 45.6 Å². The van der Waals surface area contributed by atoms with Crippen LogP contribution in [-0.2, 0) is 4.79 Å². The van der Waals surface area contributed by atoms with Gasteiger partial charge in [-0.05, 0) is 48.9 Å². The third-order valence-corrected chi connectivity index (χ3v) is 6.96. The Morgan fingerprint density at radius 1 is 0.889 bits per heavy atom. The number of nitrogens with one attached hydrogen (secondary N) is 2. The van der Waals surface area contributed by atoms with Crippen molar-refractivity contribution in [3.63, 3.8) is 0 Å². The maximum atomic E-state index is 12.8. The topological polar surface area (TPSA) is 104 Å². The SMILES string of the molecule is Cc1ccccc1N1CC(c2nnc(NC(=O)c3cccc(NC(=O)c4ccccc4)c3)s2)CC1=O. The second-order valence-corrected chi connectivity index (χ2v) is 9.50. The van der Waals surface area contributed by atoms with Gasteiger partial charge in [-0.1, -0.05) is 53.8 Å². The van der Waals surface area contributed by atoms with Crippen molar-refractivity contribution in [2.24, 2.45) is 0 Å². The lowest BCUT2D eigenvalue weighted by Crippen LogP contribution is -2.25. The van der Waals surface area contributed by atoms with Crippen LogP contribution < -0.4 is 15.5 Å². The van der Waals surface area contributed by atoms with Crippen LogP contribution in [0.15, 0.2) is 78.9 Å². The number of para-hydroxylation sites is 1. The average molecular weight is 498 g/mol. The maximum Gasteiger partial charge on any atom is 0.257 e. The summed E-state index contributed by atoms with van der Waals surface area (Å²) in [6.07, 6.45) is 0.347. The molecule has 2 N–H and O–H groups in total. The van der Waals surface area contributed by atoms with Crippen LogP contribution in [0.4, 0.5) is 16.5 Å². The number of anilines is 3. The third kappa shape index (κ3) is 5.01. The monoisotopic (exact) mass is 497 g/mol. The fraction of sp³-hybridized carbons (Fsp3) is 0.148. The molecule has 1 saturated heterocycles. The van der Waals surface area contributed by atoms with Gasteiger partial charge in [0, 0.05) is 41.4 Å². The minimum atomic E-state index is -0.363. The molecular weight excluding hydrogens is 474 g/mol. The summed E-state index contributed by atoms with van der Waals surface area (Å²) >= 11 is 1.27. The summed E-state index contributed by atoms with van der Waals surface area (Å²) in [5, 5.41) is 15.0. The summed E-state index contributed by atoms with van der Waals surface area (Å²) in [5.41, 5.74) is 3.36. The minimum absolute atomic E-state index is 0.0458. The van der Waals surface area contributed by atoms with Gasteiger partial charge in [0.15, 0.2) is 0 Å². The van der Waals surface area contributed by atoms with Gasteiger partial charge in [0.1, 0.15) is 5.01 Å². The van der Waals surface area contributed by atoms with Crippen molar-refractivity contribution in [1.29, 1.82) is 0 Å². The van der Waals surface area contributed by atoms with Crippen molar-refractivity contribution in [2.45, 2.75) is 19.3 Å². The Morgan fingerprint density at radius 3 is 2.42 bits per heavy atom. The number of benzene rings is 3. The number of carbonyl (C=O) groups excluding carboxylic acids is 3. The van der Waals surface area contributed by atoms with E-state index in [9.17, 15) is 14.4 Å². The quantitative estimate of drug-likeness (QED) is 0.395. The van der Waals surface area contributed by atoms with E-state index in [0.29, 0.717) is 39.9 Å². The third-order valence-electron chi connectivity index (χ3n) is 5.96. The van der Waals surface area contributed by atoms with Crippen molar-refractivity contribution in [3.8, 4) is 0 Å². The highest BCUT2D eigenvalue weighted by atomic mass is 32.1. The average Bonchev–Trinajstić information content (AvgIpc) is 3.51. The predicted molar refractivity (Wildman–Crippen MR) is 140 cm³/mol. The van der Waals surface area contributed by atoms with Gasteiger partial charge in [-0.2, -0.15) is 0 Å². The molecule has 0 bridgehead atoms. The molecule has 0 spiro atoms. The Bertz CT molecular complexity index is 1440. The molecular formula is C27H23N5O3S. The van der Waals surface area contributed by atoms with Crippen molar-refractivity contribution in [2.75, 3.05) is 22.1 Å². The number of aromatic nitrogens is 2. The number of rotatable bonds is 6. The molecule has 8 nitrogen and oxygen atoms in total. The molecule has 1 atom stereocenters. The van der Waals surface area contributed by atoms with Gasteiger partial charge >= 0.3 is 0 Å². The Morgan fingerprint density at radius 2 is 1.61 bits per heavy atom. The molecule has 180 valence electrons. The van der Waals surface area contributed by atoms with Gasteiger partial charge in [0.05, 0.1) is 0 Å². The highest BCUT2D eigenvalue weighted by molar-refractivity contribution is 7.15. The van der Waals surface area contributed by atoms with E-state index in [2.05, 4.69) is 20.8 Å². The summed E-state index contributed by atoms with van der Waals surface area (Å²) in [5.74, 6) is -0.661. The number of nitrogens with zero attached hydrogens (tertiary/aromatic N) is 3. The molecule has 1 aliphatic heterocycles. The zero-order valence-corrected chi connectivity index (χ0v) is 20.3. The highest BCUT2D eigenvalue weighted by Crippen LogP contribution is 2.35. The standard InChI is InChI=1S/C27H23N5O3S/c1-17-8-5-6-13-22(17)32-16-20(15-23(32)33)26-30-31-27(36-26)29-25(35)19-11-7-12-21(14-19)28-24(34)18-9-3-2-4-10-18/h2-14,20H,15-16H2,1H3,(H,28,34)(H,29,31,35). The first kappa shape index (κ1) is 23.4. The van der Waals surface area contributed by atoms with Gasteiger partial charge in [-0.3, -0.25) is 19.7 Å². The van der Waals surface area contributed by atoms with E-state index in [-0.39, 0.29) is 23.6 Å². The molecule has 3 amide bonds. The van der Waals surface area contributed by atoms with Crippen LogP contribution in [0.5, 0.6) is 0 Å². The van der Waals surface area contributed by atoms with Crippen molar-refractivity contribution in [1.82, 2.24) is 10.2 Å². The van der Waals surface area contributed by atoms with Crippen molar-refractivity contribution < 1.29 is 14.4 Å². The van der Waals surface area contributed by atoms with Crippen LogP contribution in [0.1, 0.15) is 43.6 Å². The normalized spacial score (nSPS) is 15.1. The van der Waals surface area contributed by atoms with E-state index < -0.39 is 0 Å². The zero-order valence-electron chi connectivity index (χ0n) is 19.5. The van der Waals surface area contributed by atoms with E-state index in [1.165, 1.54) is 11.3 Å². The maximum absolute atomic E-state index is 12.8. The molecule has 9 heteroatoms. The Labute approximate surface area is 212 Å². The van der Waals surface area contributed by atoms with E-state index in [0.717, 1.165) is 11.3 Å². The van der Waals surface area contributed by atoms with Gasteiger partial charge in [-0.25, -0.2) is 0 Å². The van der Waals surface area contributed by atoms with E-state index in [1.54, 1.807) is 53.4 Å². The predicted octanol–water partition coefficient (Wildman–Crippen LogP) is 4.87. The molecule has 3 aromatic carbocycles. The smallest absolute Gasteiger partial charge is 0.257 e. The van der Waals surface area contributed by atoms with E-state index in [4.69, 9.17) is 0 Å². The molecule has 4 aromatic rings. The zero-order chi connectivity index (χ0) is 25.1. The van der Waals surface area contributed by atoms with Gasteiger partial charge in [0.2, 0.25) is 11.0 Å². The second kappa shape index (κ2) is 10.1. The fourth-order valence-electron chi connectivity index (χ4n) is 4.12. The molecule has 1 aliphatic rings. The van der Waals surface area contributed by atoms with Crippen LogP contribution in [0.2, 0.25) is 0 Å². The van der Waals surface area contributed by atoms with Crippen LogP contribution in [0.25, 0.3) is 0 Å². The lowest BCUT2D eigenvalue weighted by molar-refractivity contribution is -0.117. The van der Waals surface area contributed by atoms with Crippen molar-refractivity contribution in [3.05, 3.63) is 101 Å². The van der Waals surface area contributed by atoms with Gasteiger partial charge in [-0.15, -0.1) is 10.2 Å². The number of aryl methyl sites for hydroxylation is 1. The van der Waals surface area contributed by atoms with E-state index >= 15 is 0 Å². The number of hydrogen-bond acceptors (Lipinski definition) is 6. The molecule has 5 rings (SSSR count). The minimum Gasteiger partial charge on any atom is -0.322 e. The number of hydrogen-bond donors (Lipinski definition) is 2. The number of amides is 3. The first-order chi connectivity index (χ1) is 17.5. The molecule has 1 aromatic heterocycles. The summed E-state index contributed by atoms with van der Waals surface area (Å²) in [6, 6.07) is 23.3. The Hall–Kier alpha value is -4.37. The summed E-state index contributed by atoms with van der Waals surface area (Å²) in [4.78, 5) is 39.7. The molecule has 1 unspecified atom stereocenters. The molecule has 0 saturated carbocycles. The van der Waals surface area contributed by atoms with Crippen LogP contribution in [0.3, 0.4) is 0 Å². The highest BCUT2D eigenvalue weighted by Gasteiger charge is 2.34. The molecule has 0 aliphatic carbocycles. The van der Waals surface area contributed by atoms with Crippen LogP contribution in [-0.4, -0.2) is 34.5 Å². The molecule has 1 fully saturated rings. The second-order valence-electron chi connectivity index (χ2n) is 8.49. The summed E-state index contributed by atoms with van der Waals surface area (Å²) < 4.78 is 0. The fourth-order valence-corrected chi connectivity index (χ4v) is 4.95. The Kier molecular flexibility index (Phi) is 6.55. The van der Waals surface area contributed by atoms with Gasteiger partial charge < -0.3 is 10.2 Å². The van der Waals surface area contributed by atoms with Crippen LogP contribution >= 0.6 is 11.3 Å². The Balaban J connectivity index is 1.24. The first-order valence-corrected chi connectivity index (χ1v) is 12.3. The molecule has 0 radical (unpaired) electrons.